The number of alkyl halides is 3. The number of nitrogens with one attached hydrogen (secondary N) is 1. The number of amides is 1. The third-order valence-corrected chi connectivity index (χ3v) is 7.66. The number of hydrogen-bond acceptors (Lipinski definition) is 7. The smallest absolute Gasteiger partial charge is 0.397 e. The number of likely N-dealkylation sites (N-methyl/N-ethyl adjacent to an activating group) is 1. The summed E-state index contributed by atoms with van der Waals surface area (Å²) in [5, 5.41) is 8.40. The van der Waals surface area contributed by atoms with Gasteiger partial charge in [-0.3, -0.25) is 14.5 Å². The van der Waals surface area contributed by atoms with Crippen LogP contribution in [0.4, 0.5) is 18.9 Å². The van der Waals surface area contributed by atoms with Crippen molar-refractivity contribution in [3.05, 3.63) is 87.7 Å². The van der Waals surface area contributed by atoms with Crippen LogP contribution < -0.4 is 21.9 Å². The lowest BCUT2D eigenvalue weighted by Crippen LogP contribution is -2.44. The topological polar surface area (TPSA) is 109 Å². The molecule has 0 unspecified atom stereocenters. The number of hydrazine groups is 1. The highest BCUT2D eigenvalue weighted by Gasteiger charge is 2.35. The number of carbonyl (C=O) groups is 1. The first-order valence-electron chi connectivity index (χ1n) is 13.3. The van der Waals surface area contributed by atoms with Crippen molar-refractivity contribution < 1.29 is 18.0 Å². The number of allylic oxidation sites excluding steroid dienone is 4. The van der Waals surface area contributed by atoms with Crippen molar-refractivity contribution in [2.75, 3.05) is 38.2 Å². The maximum Gasteiger partial charge on any atom is 0.413 e. The number of piperazine rings is 1. The summed E-state index contributed by atoms with van der Waals surface area (Å²) in [5.41, 5.74) is 10.7. The normalized spacial score (nSPS) is 17.3. The second-order valence-electron chi connectivity index (χ2n) is 10.5. The molecule has 220 valence electrons. The highest BCUT2D eigenvalue weighted by molar-refractivity contribution is 5.97. The molecule has 9 nitrogen and oxygen atoms in total. The zero-order valence-electron chi connectivity index (χ0n) is 24.0. The average Bonchev–Trinajstić information content (AvgIpc) is 3.15. The van der Waals surface area contributed by atoms with Crippen molar-refractivity contribution in [1.82, 2.24) is 24.9 Å². The quantitative estimate of drug-likeness (QED) is 0.359. The van der Waals surface area contributed by atoms with Gasteiger partial charge in [0.05, 0.1) is 17.6 Å². The van der Waals surface area contributed by atoms with E-state index in [2.05, 4.69) is 15.3 Å². The number of benzene rings is 1. The van der Waals surface area contributed by atoms with E-state index in [1.807, 2.05) is 32.8 Å². The van der Waals surface area contributed by atoms with E-state index < -0.39 is 17.7 Å². The molecular weight excluding hydrogens is 533 g/mol. The molecule has 1 aliphatic heterocycles. The van der Waals surface area contributed by atoms with E-state index in [4.69, 9.17) is 11.6 Å². The molecule has 0 radical (unpaired) electrons. The second kappa shape index (κ2) is 11.8. The Balaban J connectivity index is 1.61. The molecule has 4 rings (SSSR count). The van der Waals surface area contributed by atoms with Gasteiger partial charge in [-0.25, -0.2) is 5.84 Å². The standard InChI is InChI=1S/C29H37F3N8O/c1-18-6-7-21(14-26(18)40(34)17-24(33)23-16-35-38(5)20(23)3)28(41)36-25-9-8-22(29(30,31)32)15-27(19(25)2)39-12-10-37(4)11-13-39/h6-7,9,14-17H,8,10-13,33-34H2,1-5H3,(H,36,41)/b24-17-. The van der Waals surface area contributed by atoms with E-state index in [0.29, 0.717) is 47.0 Å². The number of carbonyl (C=O) groups excluding carboxylic acids is 1. The van der Waals surface area contributed by atoms with Gasteiger partial charge in [-0.05, 0) is 63.6 Å². The van der Waals surface area contributed by atoms with Gasteiger partial charge in [-0.2, -0.15) is 18.3 Å². The molecule has 2 aliphatic rings. The van der Waals surface area contributed by atoms with Gasteiger partial charge in [0.1, 0.15) is 0 Å². The molecule has 1 aromatic heterocycles. The molecule has 5 N–H and O–H groups in total. The van der Waals surface area contributed by atoms with E-state index in [1.165, 1.54) is 17.2 Å². The largest absolute Gasteiger partial charge is 0.413 e. The summed E-state index contributed by atoms with van der Waals surface area (Å²) in [6.45, 7) is 8.14. The number of nitrogens with zero attached hydrogens (tertiary/aromatic N) is 5. The summed E-state index contributed by atoms with van der Waals surface area (Å²) in [7, 11) is 3.80. The van der Waals surface area contributed by atoms with Crippen LogP contribution in [0.2, 0.25) is 0 Å². The third-order valence-electron chi connectivity index (χ3n) is 7.66. The minimum Gasteiger partial charge on any atom is -0.397 e. The Kier molecular flexibility index (Phi) is 8.64. The van der Waals surface area contributed by atoms with E-state index in [-0.39, 0.29) is 6.42 Å². The van der Waals surface area contributed by atoms with Crippen LogP contribution in [0.1, 0.15) is 40.5 Å². The number of anilines is 1. The summed E-state index contributed by atoms with van der Waals surface area (Å²) in [5.74, 6) is 5.87. The molecular formula is C29H37F3N8O. The lowest BCUT2D eigenvalue weighted by atomic mass is 10.1. The fourth-order valence-electron chi connectivity index (χ4n) is 4.85. The number of aryl methyl sites for hydroxylation is 2. The molecule has 2 heterocycles. The van der Waals surface area contributed by atoms with Crippen molar-refractivity contribution in [3.8, 4) is 0 Å². The summed E-state index contributed by atoms with van der Waals surface area (Å²) in [6, 6.07) is 5.03. The van der Waals surface area contributed by atoms with Gasteiger partial charge in [-0.15, -0.1) is 0 Å². The summed E-state index contributed by atoms with van der Waals surface area (Å²) < 4.78 is 43.2. The number of rotatable bonds is 6. The average molecular weight is 571 g/mol. The van der Waals surface area contributed by atoms with Crippen molar-refractivity contribution in [2.45, 2.75) is 33.4 Å². The molecule has 1 aromatic carbocycles. The van der Waals surface area contributed by atoms with Gasteiger partial charge in [-0.1, -0.05) is 12.1 Å². The Morgan fingerprint density at radius 2 is 1.80 bits per heavy atom. The van der Waals surface area contributed by atoms with Crippen LogP contribution >= 0.6 is 0 Å². The van der Waals surface area contributed by atoms with Gasteiger partial charge < -0.3 is 20.9 Å². The molecule has 1 saturated heterocycles. The molecule has 1 fully saturated rings. The Bertz CT molecular complexity index is 1440. The molecule has 0 bridgehead atoms. The SMILES string of the molecule is CC1=C(N2CCN(C)CC2)C=C(C(F)(F)F)CC=C1NC(=O)c1ccc(C)c(N(N)/C=C(\N)c2cnn(C)c2C)c1. The summed E-state index contributed by atoms with van der Waals surface area (Å²) in [6.07, 6.45) is 1.03. The predicted octanol–water partition coefficient (Wildman–Crippen LogP) is 3.70. The van der Waals surface area contributed by atoms with Crippen molar-refractivity contribution in [1.29, 1.82) is 0 Å². The molecule has 2 aromatic rings. The van der Waals surface area contributed by atoms with Crippen LogP contribution in [0.15, 0.2) is 65.3 Å². The van der Waals surface area contributed by atoms with Crippen LogP contribution in [-0.2, 0) is 7.05 Å². The van der Waals surface area contributed by atoms with Crippen LogP contribution in [0.25, 0.3) is 5.70 Å². The van der Waals surface area contributed by atoms with E-state index in [0.717, 1.165) is 29.9 Å². The lowest BCUT2D eigenvalue weighted by Gasteiger charge is -2.36. The molecule has 1 amide bonds. The first kappa shape index (κ1) is 29.9. The number of nitrogens with two attached hydrogens (primary N) is 2. The first-order valence-corrected chi connectivity index (χ1v) is 13.3. The van der Waals surface area contributed by atoms with E-state index in [1.54, 1.807) is 42.2 Å². The van der Waals surface area contributed by atoms with Gasteiger partial charge in [0.15, 0.2) is 0 Å². The lowest BCUT2D eigenvalue weighted by molar-refractivity contribution is -0.0930. The van der Waals surface area contributed by atoms with Gasteiger partial charge in [0, 0.05) is 73.2 Å². The minimum absolute atomic E-state index is 0.300. The summed E-state index contributed by atoms with van der Waals surface area (Å²) >= 11 is 0. The van der Waals surface area contributed by atoms with E-state index >= 15 is 0 Å². The third kappa shape index (κ3) is 6.66. The highest BCUT2D eigenvalue weighted by Crippen LogP contribution is 2.34. The first-order chi connectivity index (χ1) is 19.3. The van der Waals surface area contributed by atoms with Crippen LogP contribution in [0.5, 0.6) is 0 Å². The minimum atomic E-state index is -4.48. The van der Waals surface area contributed by atoms with Crippen molar-refractivity contribution >= 4 is 17.3 Å². The number of halogens is 3. The Morgan fingerprint density at radius 3 is 2.41 bits per heavy atom. The molecule has 41 heavy (non-hydrogen) atoms. The molecule has 0 atom stereocenters. The van der Waals surface area contributed by atoms with Crippen molar-refractivity contribution in [3.63, 3.8) is 0 Å². The van der Waals surface area contributed by atoms with Crippen LogP contribution in [0.3, 0.4) is 0 Å². The Morgan fingerprint density at radius 1 is 1.12 bits per heavy atom. The maximum atomic E-state index is 13.8. The predicted molar refractivity (Wildman–Crippen MR) is 154 cm³/mol. The number of hydrogen-bond donors (Lipinski definition) is 3. The second-order valence-corrected chi connectivity index (χ2v) is 10.5. The Labute approximate surface area is 238 Å². The van der Waals surface area contributed by atoms with Gasteiger partial charge in [0.25, 0.3) is 5.91 Å². The van der Waals surface area contributed by atoms with Crippen molar-refractivity contribution in [2.24, 2.45) is 18.6 Å². The Hall–Kier alpha value is -4.03. The molecule has 0 spiro atoms. The molecule has 1 aliphatic carbocycles. The van der Waals surface area contributed by atoms with Crippen LogP contribution in [-0.4, -0.2) is 64.9 Å². The highest BCUT2D eigenvalue weighted by atomic mass is 19.4. The molecule has 12 heteroatoms. The number of aromatic nitrogens is 2. The zero-order chi connectivity index (χ0) is 30.1. The monoisotopic (exact) mass is 570 g/mol. The molecule has 0 saturated carbocycles. The summed E-state index contributed by atoms with van der Waals surface area (Å²) in [4.78, 5) is 17.5. The maximum absolute atomic E-state index is 13.8. The van der Waals surface area contributed by atoms with Crippen LogP contribution in [0, 0.1) is 13.8 Å². The van der Waals surface area contributed by atoms with E-state index in [9.17, 15) is 18.0 Å². The van der Waals surface area contributed by atoms with Gasteiger partial charge in [0.2, 0.25) is 0 Å². The van der Waals surface area contributed by atoms with Gasteiger partial charge >= 0.3 is 6.18 Å². The zero-order valence-corrected chi connectivity index (χ0v) is 24.0. The fourth-order valence-corrected chi connectivity index (χ4v) is 4.85. The fraction of sp³-hybridized carbons (Fsp3) is 0.379.